The number of carbonyl (C=O) groups excluding carboxylic acids is 1. The highest BCUT2D eigenvalue weighted by Gasteiger charge is 2.21. The highest BCUT2D eigenvalue weighted by molar-refractivity contribution is 7.91. The van der Waals surface area contributed by atoms with E-state index in [2.05, 4.69) is 10.2 Å². The monoisotopic (exact) mass is 310 g/mol. The summed E-state index contributed by atoms with van der Waals surface area (Å²) in [5.41, 5.74) is 0.999. The quantitative estimate of drug-likeness (QED) is 0.866. The summed E-state index contributed by atoms with van der Waals surface area (Å²) in [6.07, 6.45) is 0. The molecule has 1 atom stereocenters. The molecule has 1 fully saturated rings. The SMILES string of the molecule is C[C@H](C(=O)NCCN1CCS(=O)(=O)CC1)c1ccccc1. The minimum atomic E-state index is -2.84. The Bertz CT molecular complexity index is 558. The van der Waals surface area contributed by atoms with Gasteiger partial charge in [0.1, 0.15) is 0 Å². The second-order valence-corrected chi connectivity index (χ2v) is 7.72. The van der Waals surface area contributed by atoms with Crippen LogP contribution >= 0.6 is 0 Å². The van der Waals surface area contributed by atoms with Gasteiger partial charge in [-0.05, 0) is 12.5 Å². The van der Waals surface area contributed by atoms with Gasteiger partial charge in [0.15, 0.2) is 9.84 Å². The van der Waals surface area contributed by atoms with Gasteiger partial charge in [-0.15, -0.1) is 0 Å². The van der Waals surface area contributed by atoms with Crippen molar-refractivity contribution in [3.63, 3.8) is 0 Å². The Morgan fingerprint density at radius 3 is 2.48 bits per heavy atom. The van der Waals surface area contributed by atoms with E-state index in [0.29, 0.717) is 26.2 Å². The van der Waals surface area contributed by atoms with Crippen LogP contribution in [-0.4, -0.2) is 56.9 Å². The maximum atomic E-state index is 12.1. The van der Waals surface area contributed by atoms with Crippen LogP contribution in [0.4, 0.5) is 0 Å². The molecule has 1 aliphatic heterocycles. The molecule has 0 saturated carbocycles. The Morgan fingerprint density at radius 1 is 1.24 bits per heavy atom. The Balaban J connectivity index is 1.72. The lowest BCUT2D eigenvalue weighted by atomic mass is 10.0. The molecule has 0 unspecified atom stereocenters. The van der Waals surface area contributed by atoms with Crippen LogP contribution in [0.5, 0.6) is 0 Å². The summed E-state index contributed by atoms with van der Waals surface area (Å²) in [4.78, 5) is 14.1. The molecule has 0 radical (unpaired) electrons. The molecular formula is C15H22N2O3S. The third-order valence-electron chi connectivity index (χ3n) is 3.86. The fourth-order valence-corrected chi connectivity index (χ4v) is 3.63. The number of hydrogen-bond acceptors (Lipinski definition) is 4. The summed E-state index contributed by atoms with van der Waals surface area (Å²) in [6.45, 7) is 4.26. The Morgan fingerprint density at radius 2 is 1.86 bits per heavy atom. The van der Waals surface area contributed by atoms with Crippen molar-refractivity contribution in [2.75, 3.05) is 37.7 Å². The number of amides is 1. The number of rotatable bonds is 5. The normalized spacial score (nSPS) is 19.9. The van der Waals surface area contributed by atoms with Gasteiger partial charge in [-0.1, -0.05) is 30.3 Å². The van der Waals surface area contributed by atoms with Crippen LogP contribution in [0.15, 0.2) is 30.3 Å². The number of nitrogens with zero attached hydrogens (tertiary/aromatic N) is 1. The third kappa shape index (κ3) is 4.82. The van der Waals surface area contributed by atoms with Gasteiger partial charge >= 0.3 is 0 Å². The highest BCUT2D eigenvalue weighted by atomic mass is 32.2. The smallest absolute Gasteiger partial charge is 0.227 e. The number of carbonyl (C=O) groups is 1. The van der Waals surface area contributed by atoms with Gasteiger partial charge in [-0.3, -0.25) is 9.69 Å². The van der Waals surface area contributed by atoms with Gasteiger partial charge < -0.3 is 5.32 Å². The lowest BCUT2D eigenvalue weighted by Crippen LogP contribution is -2.44. The van der Waals surface area contributed by atoms with Gasteiger partial charge in [0.05, 0.1) is 17.4 Å². The largest absolute Gasteiger partial charge is 0.354 e. The average molecular weight is 310 g/mol. The van der Waals surface area contributed by atoms with Crippen molar-refractivity contribution >= 4 is 15.7 Å². The summed E-state index contributed by atoms with van der Waals surface area (Å²) in [5.74, 6) is 0.279. The lowest BCUT2D eigenvalue weighted by molar-refractivity contribution is -0.122. The molecule has 1 saturated heterocycles. The van der Waals surface area contributed by atoms with Crippen LogP contribution in [0.1, 0.15) is 18.4 Å². The number of benzene rings is 1. The Kier molecular flexibility index (Phi) is 5.36. The van der Waals surface area contributed by atoms with Crippen molar-refractivity contribution in [2.24, 2.45) is 0 Å². The van der Waals surface area contributed by atoms with Crippen LogP contribution < -0.4 is 5.32 Å². The van der Waals surface area contributed by atoms with E-state index in [1.807, 2.05) is 37.3 Å². The van der Waals surface area contributed by atoms with Crippen LogP contribution in [-0.2, 0) is 14.6 Å². The molecule has 0 bridgehead atoms. The van der Waals surface area contributed by atoms with Crippen molar-refractivity contribution in [2.45, 2.75) is 12.8 Å². The van der Waals surface area contributed by atoms with E-state index < -0.39 is 9.84 Å². The van der Waals surface area contributed by atoms with Crippen LogP contribution in [0.25, 0.3) is 0 Å². The molecule has 1 aliphatic rings. The Labute approximate surface area is 126 Å². The maximum absolute atomic E-state index is 12.1. The first kappa shape index (κ1) is 16.0. The molecule has 2 rings (SSSR count). The van der Waals surface area contributed by atoms with Gasteiger partial charge in [-0.25, -0.2) is 8.42 Å². The summed E-state index contributed by atoms with van der Waals surface area (Å²) < 4.78 is 22.7. The van der Waals surface area contributed by atoms with Crippen LogP contribution in [0.2, 0.25) is 0 Å². The van der Waals surface area contributed by atoms with Gasteiger partial charge in [0.2, 0.25) is 5.91 Å². The standard InChI is InChI=1S/C15H22N2O3S/c1-13(14-5-3-2-4-6-14)15(18)16-7-8-17-9-11-21(19,20)12-10-17/h2-6,13H,7-12H2,1H3,(H,16,18)/t13-/m0/s1. The van der Waals surface area contributed by atoms with E-state index in [1.165, 1.54) is 0 Å². The topological polar surface area (TPSA) is 66.5 Å². The van der Waals surface area contributed by atoms with Crippen molar-refractivity contribution in [1.82, 2.24) is 10.2 Å². The van der Waals surface area contributed by atoms with E-state index in [0.717, 1.165) is 5.56 Å². The zero-order valence-corrected chi connectivity index (χ0v) is 13.1. The second-order valence-electron chi connectivity index (χ2n) is 5.42. The molecule has 21 heavy (non-hydrogen) atoms. The van der Waals surface area contributed by atoms with Gasteiger partial charge in [0, 0.05) is 26.2 Å². The molecule has 116 valence electrons. The fraction of sp³-hybridized carbons (Fsp3) is 0.533. The van der Waals surface area contributed by atoms with E-state index in [9.17, 15) is 13.2 Å². The van der Waals surface area contributed by atoms with Crippen LogP contribution in [0.3, 0.4) is 0 Å². The summed E-state index contributed by atoms with van der Waals surface area (Å²) >= 11 is 0. The van der Waals surface area contributed by atoms with Crippen molar-refractivity contribution in [3.05, 3.63) is 35.9 Å². The predicted molar refractivity (Wildman–Crippen MR) is 83.0 cm³/mol. The number of nitrogens with one attached hydrogen (secondary N) is 1. The average Bonchev–Trinajstić information content (AvgIpc) is 2.49. The minimum Gasteiger partial charge on any atom is -0.354 e. The molecule has 1 N–H and O–H groups in total. The highest BCUT2D eigenvalue weighted by Crippen LogP contribution is 2.14. The first-order valence-corrected chi connectivity index (χ1v) is 9.05. The summed E-state index contributed by atoms with van der Waals surface area (Å²) in [7, 11) is -2.84. The predicted octanol–water partition coefficient (Wildman–Crippen LogP) is 0.637. The third-order valence-corrected chi connectivity index (χ3v) is 5.47. The molecule has 0 aromatic heterocycles. The van der Waals surface area contributed by atoms with E-state index in [4.69, 9.17) is 0 Å². The summed E-state index contributed by atoms with van der Waals surface area (Å²) in [6, 6.07) is 9.67. The van der Waals surface area contributed by atoms with E-state index in [1.54, 1.807) is 0 Å². The van der Waals surface area contributed by atoms with E-state index >= 15 is 0 Å². The molecule has 1 aromatic rings. The van der Waals surface area contributed by atoms with E-state index in [-0.39, 0.29) is 23.3 Å². The first-order valence-electron chi connectivity index (χ1n) is 7.23. The van der Waals surface area contributed by atoms with Gasteiger partial charge in [-0.2, -0.15) is 0 Å². The van der Waals surface area contributed by atoms with Crippen molar-refractivity contribution in [1.29, 1.82) is 0 Å². The second kappa shape index (κ2) is 7.04. The number of sulfone groups is 1. The molecule has 1 aromatic carbocycles. The molecule has 1 amide bonds. The summed E-state index contributed by atoms with van der Waals surface area (Å²) in [5, 5.41) is 2.92. The molecule has 1 heterocycles. The Hall–Kier alpha value is -1.40. The first-order chi connectivity index (χ1) is 9.98. The van der Waals surface area contributed by atoms with Gasteiger partial charge in [0.25, 0.3) is 0 Å². The molecule has 0 spiro atoms. The zero-order chi connectivity index (χ0) is 15.3. The fourth-order valence-electron chi connectivity index (χ4n) is 2.36. The minimum absolute atomic E-state index is 0.00540. The maximum Gasteiger partial charge on any atom is 0.227 e. The number of hydrogen-bond donors (Lipinski definition) is 1. The molecular weight excluding hydrogens is 288 g/mol. The molecule has 5 nitrogen and oxygen atoms in total. The molecule has 6 heteroatoms. The molecule has 0 aliphatic carbocycles. The zero-order valence-electron chi connectivity index (χ0n) is 12.3. The lowest BCUT2D eigenvalue weighted by Gasteiger charge is -2.26. The van der Waals surface area contributed by atoms with Crippen LogP contribution in [0, 0.1) is 0 Å². The van der Waals surface area contributed by atoms with Crippen molar-refractivity contribution in [3.8, 4) is 0 Å². The van der Waals surface area contributed by atoms with Crippen molar-refractivity contribution < 1.29 is 13.2 Å².